The van der Waals surface area contributed by atoms with Crippen LogP contribution in [0.3, 0.4) is 0 Å². The lowest BCUT2D eigenvalue weighted by molar-refractivity contribution is -0.192. The molecule has 1 atom stereocenters. The second-order valence-corrected chi connectivity index (χ2v) is 8.02. The molecule has 1 N–H and O–H groups in total. The van der Waals surface area contributed by atoms with Gasteiger partial charge in [-0.25, -0.2) is 9.78 Å². The Bertz CT molecular complexity index is 809. The molecule has 2 aromatic rings. The van der Waals surface area contributed by atoms with Crippen LogP contribution in [0, 0.1) is 5.41 Å². The molecule has 2 aliphatic rings. The van der Waals surface area contributed by atoms with Crippen LogP contribution >= 0.6 is 11.3 Å². The molecule has 164 valence electrons. The third kappa shape index (κ3) is 5.79. The third-order valence-electron chi connectivity index (χ3n) is 4.94. The van der Waals surface area contributed by atoms with E-state index in [9.17, 15) is 13.2 Å². The molecule has 2 saturated heterocycles. The molecule has 0 amide bonds. The van der Waals surface area contributed by atoms with Crippen molar-refractivity contribution in [3.05, 3.63) is 29.9 Å². The third-order valence-corrected chi connectivity index (χ3v) is 5.69. The van der Waals surface area contributed by atoms with E-state index in [2.05, 4.69) is 37.1 Å². The van der Waals surface area contributed by atoms with Crippen molar-refractivity contribution in [2.75, 3.05) is 49.2 Å². The second kappa shape index (κ2) is 9.56. The summed E-state index contributed by atoms with van der Waals surface area (Å²) in [6.45, 7) is 5.49. The zero-order valence-electron chi connectivity index (χ0n) is 16.1. The molecule has 4 rings (SSSR count). The van der Waals surface area contributed by atoms with Crippen LogP contribution in [0.2, 0.25) is 0 Å². The maximum absolute atomic E-state index is 10.6. The number of ether oxygens (including phenoxy) is 1. The van der Waals surface area contributed by atoms with Gasteiger partial charge in [0.2, 0.25) is 5.13 Å². The number of rotatable bonds is 2. The predicted molar refractivity (Wildman–Crippen MR) is 105 cm³/mol. The van der Waals surface area contributed by atoms with Gasteiger partial charge in [-0.15, -0.1) is 10.2 Å². The number of alkyl halides is 3. The Morgan fingerprint density at radius 2 is 2.00 bits per heavy atom. The van der Waals surface area contributed by atoms with E-state index in [1.54, 1.807) is 16.8 Å². The van der Waals surface area contributed by atoms with Crippen LogP contribution in [0.5, 0.6) is 0 Å². The predicted octanol–water partition coefficient (Wildman–Crippen LogP) is 2.69. The number of pyridine rings is 1. The van der Waals surface area contributed by atoms with Crippen LogP contribution in [-0.4, -0.2) is 71.8 Å². The van der Waals surface area contributed by atoms with Gasteiger partial charge in [0, 0.05) is 37.8 Å². The number of carboxylic acids is 1. The minimum atomic E-state index is -5.08. The minimum absolute atomic E-state index is 0.137. The van der Waals surface area contributed by atoms with Gasteiger partial charge in [0.15, 0.2) is 0 Å². The Balaban J connectivity index is 0.000000318. The van der Waals surface area contributed by atoms with Gasteiger partial charge < -0.3 is 19.6 Å². The van der Waals surface area contributed by atoms with E-state index >= 15 is 0 Å². The monoisotopic (exact) mass is 445 g/mol. The van der Waals surface area contributed by atoms with Gasteiger partial charge in [0.05, 0.1) is 13.2 Å². The lowest BCUT2D eigenvalue weighted by atomic mass is 9.80. The quantitative estimate of drug-likeness (QED) is 0.755. The summed E-state index contributed by atoms with van der Waals surface area (Å²) in [4.78, 5) is 18.2. The normalized spacial score (nSPS) is 22.2. The average molecular weight is 445 g/mol. The van der Waals surface area contributed by atoms with Crippen molar-refractivity contribution in [3.63, 3.8) is 0 Å². The van der Waals surface area contributed by atoms with E-state index in [0.717, 1.165) is 50.3 Å². The molecule has 2 aromatic heterocycles. The number of hydrogen-bond donors (Lipinski definition) is 1. The van der Waals surface area contributed by atoms with Crippen LogP contribution in [0.1, 0.15) is 12.8 Å². The van der Waals surface area contributed by atoms with Crippen molar-refractivity contribution >= 4 is 28.3 Å². The van der Waals surface area contributed by atoms with Gasteiger partial charge in [0.25, 0.3) is 0 Å². The fraction of sp³-hybridized carbons (Fsp3) is 0.556. The van der Waals surface area contributed by atoms with Gasteiger partial charge in [0.1, 0.15) is 11.3 Å². The number of carboxylic acid groups (broad SMARTS) is 1. The number of aliphatic carboxylic acids is 1. The van der Waals surface area contributed by atoms with E-state index in [0.29, 0.717) is 0 Å². The lowest BCUT2D eigenvalue weighted by Gasteiger charge is -2.43. The van der Waals surface area contributed by atoms with Crippen molar-refractivity contribution in [1.29, 1.82) is 0 Å². The Morgan fingerprint density at radius 1 is 1.23 bits per heavy atom. The van der Waals surface area contributed by atoms with Crippen LogP contribution in [-0.2, 0) is 9.53 Å². The van der Waals surface area contributed by atoms with Crippen LogP contribution < -0.4 is 9.80 Å². The fourth-order valence-electron chi connectivity index (χ4n) is 3.65. The van der Waals surface area contributed by atoms with E-state index in [1.807, 2.05) is 12.3 Å². The molecular weight excluding hydrogens is 423 g/mol. The Labute approximate surface area is 175 Å². The molecule has 0 saturated carbocycles. The van der Waals surface area contributed by atoms with Gasteiger partial charge in [-0.2, -0.15) is 13.2 Å². The summed E-state index contributed by atoms with van der Waals surface area (Å²) in [6, 6.07) is 6.12. The number of hydrogen-bond acceptors (Lipinski definition) is 8. The van der Waals surface area contributed by atoms with Crippen LogP contribution in [0.15, 0.2) is 29.9 Å². The van der Waals surface area contributed by atoms with Crippen molar-refractivity contribution in [2.45, 2.75) is 19.0 Å². The molecule has 30 heavy (non-hydrogen) atoms. The SMILES string of the molecule is O=C(O)C(F)(F)F.c1ccc(N2CCCC3(COCCN(c4nncs4)C3)C2)nc1. The molecule has 0 radical (unpaired) electrons. The van der Waals surface area contributed by atoms with Gasteiger partial charge in [-0.3, -0.25) is 0 Å². The fourth-order valence-corrected chi connectivity index (χ4v) is 4.24. The molecule has 0 aromatic carbocycles. The number of piperidine rings is 1. The molecule has 2 fully saturated rings. The highest BCUT2D eigenvalue weighted by molar-refractivity contribution is 7.13. The maximum Gasteiger partial charge on any atom is 0.490 e. The minimum Gasteiger partial charge on any atom is -0.475 e. The summed E-state index contributed by atoms with van der Waals surface area (Å²) >= 11 is 1.61. The first-order valence-corrected chi connectivity index (χ1v) is 10.2. The van der Waals surface area contributed by atoms with Crippen molar-refractivity contribution in [1.82, 2.24) is 15.2 Å². The number of carbonyl (C=O) groups is 1. The first kappa shape index (κ1) is 22.2. The first-order valence-electron chi connectivity index (χ1n) is 9.34. The van der Waals surface area contributed by atoms with E-state index in [-0.39, 0.29) is 5.41 Å². The second-order valence-electron chi connectivity index (χ2n) is 7.21. The standard InChI is InChI=1S/C16H21N5OS.C2HF3O2/c1-2-6-17-14(4-1)20-7-3-5-16(10-20)11-21(8-9-22-12-16)15-19-18-13-23-15;3-2(4,5)1(6)7/h1-2,4,6,13H,3,5,7-12H2;(H,6,7). The number of aromatic nitrogens is 3. The summed E-state index contributed by atoms with van der Waals surface area (Å²) in [5, 5.41) is 16.4. The number of anilines is 2. The molecule has 0 aliphatic carbocycles. The average Bonchev–Trinajstić information content (AvgIpc) is 3.19. The van der Waals surface area contributed by atoms with Crippen molar-refractivity contribution in [2.24, 2.45) is 5.41 Å². The number of nitrogens with zero attached hydrogens (tertiary/aromatic N) is 5. The molecular formula is C18H22F3N5O3S. The Kier molecular flexibility index (Phi) is 7.08. The van der Waals surface area contributed by atoms with E-state index < -0.39 is 12.1 Å². The van der Waals surface area contributed by atoms with Gasteiger partial charge in [-0.1, -0.05) is 17.4 Å². The molecule has 2 aliphatic heterocycles. The summed E-state index contributed by atoms with van der Waals surface area (Å²) in [6.07, 6.45) is -0.858. The van der Waals surface area contributed by atoms with Crippen molar-refractivity contribution in [3.8, 4) is 0 Å². The van der Waals surface area contributed by atoms with Crippen LogP contribution in [0.25, 0.3) is 0 Å². The maximum atomic E-state index is 10.6. The van der Waals surface area contributed by atoms with Crippen LogP contribution in [0.4, 0.5) is 24.1 Å². The first-order chi connectivity index (χ1) is 14.3. The van der Waals surface area contributed by atoms with Crippen molar-refractivity contribution < 1.29 is 27.8 Å². The summed E-state index contributed by atoms with van der Waals surface area (Å²) in [7, 11) is 0. The molecule has 8 nitrogen and oxygen atoms in total. The van der Waals surface area contributed by atoms with Gasteiger partial charge in [-0.05, 0) is 25.0 Å². The highest BCUT2D eigenvalue weighted by Gasteiger charge is 2.40. The topological polar surface area (TPSA) is 91.7 Å². The smallest absolute Gasteiger partial charge is 0.475 e. The highest BCUT2D eigenvalue weighted by Crippen LogP contribution is 2.36. The van der Waals surface area contributed by atoms with E-state index in [1.165, 1.54) is 12.8 Å². The molecule has 0 bridgehead atoms. The van der Waals surface area contributed by atoms with Gasteiger partial charge >= 0.3 is 12.1 Å². The van der Waals surface area contributed by atoms with E-state index in [4.69, 9.17) is 14.6 Å². The summed E-state index contributed by atoms with van der Waals surface area (Å²) < 4.78 is 37.7. The largest absolute Gasteiger partial charge is 0.490 e. The Hall–Kier alpha value is -2.47. The molecule has 1 spiro atoms. The zero-order chi connectivity index (χ0) is 21.6. The molecule has 1 unspecified atom stereocenters. The Morgan fingerprint density at radius 3 is 2.63 bits per heavy atom. The molecule has 12 heteroatoms. The summed E-state index contributed by atoms with van der Waals surface area (Å²) in [5.41, 5.74) is 1.94. The molecule has 4 heterocycles. The number of halogens is 3. The highest BCUT2D eigenvalue weighted by atomic mass is 32.1. The lowest BCUT2D eigenvalue weighted by Crippen LogP contribution is -2.51. The zero-order valence-corrected chi connectivity index (χ0v) is 16.9. The summed E-state index contributed by atoms with van der Waals surface area (Å²) in [5.74, 6) is -1.69.